The Morgan fingerprint density at radius 1 is 1.00 bits per heavy atom. The molecule has 1 saturated carbocycles. The van der Waals surface area contributed by atoms with Gasteiger partial charge in [-0.2, -0.15) is 0 Å². The fourth-order valence-corrected chi connectivity index (χ4v) is 3.63. The van der Waals surface area contributed by atoms with Gasteiger partial charge < -0.3 is 9.80 Å². The summed E-state index contributed by atoms with van der Waals surface area (Å²) in [4.78, 5) is 21.7. The molecule has 0 spiro atoms. The van der Waals surface area contributed by atoms with Crippen molar-refractivity contribution in [1.82, 2.24) is 9.88 Å². The summed E-state index contributed by atoms with van der Waals surface area (Å²) in [5, 5.41) is 0.714. The molecule has 1 saturated heterocycles. The SMILES string of the molecule is O=C(N1CCN(c2ccccn2)CC1)C1(c2ccc(Cl)cc2)CC1. The first-order chi connectivity index (χ1) is 11.7. The van der Waals surface area contributed by atoms with Crippen LogP contribution >= 0.6 is 11.6 Å². The first-order valence-electron chi connectivity index (χ1n) is 8.40. The summed E-state index contributed by atoms with van der Waals surface area (Å²) in [7, 11) is 0. The van der Waals surface area contributed by atoms with Crippen molar-refractivity contribution in [3.63, 3.8) is 0 Å². The molecule has 0 atom stereocenters. The zero-order valence-electron chi connectivity index (χ0n) is 13.5. The van der Waals surface area contributed by atoms with E-state index in [1.165, 1.54) is 0 Å². The number of benzene rings is 1. The van der Waals surface area contributed by atoms with Gasteiger partial charge >= 0.3 is 0 Å². The van der Waals surface area contributed by atoms with E-state index in [-0.39, 0.29) is 11.3 Å². The van der Waals surface area contributed by atoms with Crippen molar-refractivity contribution in [3.8, 4) is 0 Å². The van der Waals surface area contributed by atoms with E-state index in [0.29, 0.717) is 5.02 Å². The van der Waals surface area contributed by atoms with Crippen LogP contribution in [-0.2, 0) is 10.2 Å². The highest BCUT2D eigenvalue weighted by atomic mass is 35.5. The van der Waals surface area contributed by atoms with Gasteiger partial charge in [0.1, 0.15) is 5.82 Å². The number of nitrogens with zero attached hydrogens (tertiary/aromatic N) is 3. The molecule has 5 heteroatoms. The summed E-state index contributed by atoms with van der Waals surface area (Å²) in [5.41, 5.74) is 0.793. The lowest BCUT2D eigenvalue weighted by Gasteiger charge is -2.37. The Hall–Kier alpha value is -2.07. The van der Waals surface area contributed by atoms with Crippen LogP contribution in [0.5, 0.6) is 0 Å². The van der Waals surface area contributed by atoms with Crippen LogP contribution in [-0.4, -0.2) is 42.0 Å². The number of halogens is 1. The van der Waals surface area contributed by atoms with Crippen LogP contribution in [0, 0.1) is 0 Å². The van der Waals surface area contributed by atoms with Gasteiger partial charge in [-0.3, -0.25) is 4.79 Å². The Bertz CT molecular complexity index is 720. The molecule has 2 aliphatic rings. The molecule has 1 aromatic heterocycles. The Kier molecular flexibility index (Phi) is 3.93. The number of amides is 1. The van der Waals surface area contributed by atoms with Gasteiger partial charge in [-0.15, -0.1) is 0 Å². The summed E-state index contributed by atoms with van der Waals surface area (Å²) in [5.74, 6) is 1.26. The van der Waals surface area contributed by atoms with Gasteiger partial charge in [0, 0.05) is 37.4 Å². The van der Waals surface area contributed by atoms with Gasteiger partial charge in [-0.25, -0.2) is 4.98 Å². The maximum Gasteiger partial charge on any atom is 0.233 e. The third-order valence-electron chi connectivity index (χ3n) is 5.10. The summed E-state index contributed by atoms with van der Waals surface area (Å²) in [6, 6.07) is 13.7. The zero-order chi connectivity index (χ0) is 16.6. The molecule has 0 unspecified atom stereocenters. The van der Waals surface area contributed by atoms with Crippen molar-refractivity contribution in [2.45, 2.75) is 18.3 Å². The van der Waals surface area contributed by atoms with Crippen molar-refractivity contribution >= 4 is 23.3 Å². The van der Waals surface area contributed by atoms with Crippen LogP contribution in [0.2, 0.25) is 5.02 Å². The molecule has 1 aliphatic carbocycles. The maximum absolute atomic E-state index is 13.1. The fourth-order valence-electron chi connectivity index (χ4n) is 3.50. The molecule has 24 heavy (non-hydrogen) atoms. The molecule has 2 fully saturated rings. The first kappa shape index (κ1) is 15.5. The normalized spacial score (nSPS) is 19.2. The van der Waals surface area contributed by atoms with E-state index in [1.54, 1.807) is 0 Å². The predicted octanol–water partition coefficient (Wildman–Crippen LogP) is 3.12. The molecule has 1 amide bonds. The third kappa shape index (κ3) is 2.75. The quantitative estimate of drug-likeness (QED) is 0.860. The molecule has 0 bridgehead atoms. The van der Waals surface area contributed by atoms with Crippen LogP contribution in [0.3, 0.4) is 0 Å². The third-order valence-corrected chi connectivity index (χ3v) is 5.35. The van der Waals surface area contributed by atoms with Gasteiger partial charge in [0.25, 0.3) is 0 Å². The Labute approximate surface area is 147 Å². The molecule has 0 N–H and O–H groups in total. The van der Waals surface area contributed by atoms with E-state index in [9.17, 15) is 4.79 Å². The number of hydrogen-bond donors (Lipinski definition) is 0. The number of aromatic nitrogens is 1. The van der Waals surface area contributed by atoms with E-state index in [1.807, 2.05) is 53.6 Å². The van der Waals surface area contributed by atoms with Crippen molar-refractivity contribution in [2.24, 2.45) is 0 Å². The molecule has 2 heterocycles. The smallest absolute Gasteiger partial charge is 0.233 e. The van der Waals surface area contributed by atoms with E-state index >= 15 is 0 Å². The second-order valence-corrected chi connectivity index (χ2v) is 6.99. The second-order valence-electron chi connectivity index (χ2n) is 6.56. The molecule has 124 valence electrons. The summed E-state index contributed by atoms with van der Waals surface area (Å²) in [6.07, 6.45) is 3.69. The molecule has 0 radical (unpaired) electrons. The van der Waals surface area contributed by atoms with Crippen molar-refractivity contribution in [3.05, 3.63) is 59.2 Å². The molecular weight excluding hydrogens is 322 g/mol. The van der Waals surface area contributed by atoms with Crippen LogP contribution < -0.4 is 4.90 Å². The largest absolute Gasteiger partial charge is 0.353 e. The average molecular weight is 342 g/mol. The monoisotopic (exact) mass is 341 g/mol. The standard InChI is InChI=1S/C19H20ClN3O/c20-16-6-4-15(5-7-16)19(8-9-19)18(24)23-13-11-22(12-14-23)17-3-1-2-10-21-17/h1-7,10H,8-9,11-14H2. The number of pyridine rings is 1. The number of hydrogen-bond acceptors (Lipinski definition) is 3. The Balaban J connectivity index is 1.44. The highest BCUT2D eigenvalue weighted by molar-refractivity contribution is 6.30. The van der Waals surface area contributed by atoms with E-state index in [4.69, 9.17) is 11.6 Å². The topological polar surface area (TPSA) is 36.4 Å². The minimum absolute atomic E-state index is 0.269. The van der Waals surface area contributed by atoms with E-state index in [0.717, 1.165) is 50.4 Å². The number of rotatable bonds is 3. The van der Waals surface area contributed by atoms with Crippen LogP contribution in [0.4, 0.5) is 5.82 Å². The number of piperazine rings is 1. The lowest BCUT2D eigenvalue weighted by molar-refractivity contribution is -0.134. The zero-order valence-corrected chi connectivity index (χ0v) is 14.2. The van der Waals surface area contributed by atoms with Gasteiger partial charge in [0.15, 0.2) is 0 Å². The average Bonchev–Trinajstić information content (AvgIpc) is 3.44. The minimum atomic E-state index is -0.308. The predicted molar refractivity (Wildman–Crippen MR) is 95.4 cm³/mol. The fraction of sp³-hybridized carbons (Fsp3) is 0.368. The summed E-state index contributed by atoms with van der Waals surface area (Å²) in [6.45, 7) is 3.17. The molecule has 4 rings (SSSR count). The second kappa shape index (κ2) is 6.10. The highest BCUT2D eigenvalue weighted by Gasteiger charge is 2.53. The van der Waals surface area contributed by atoms with Gasteiger partial charge in [0.05, 0.1) is 5.41 Å². The van der Waals surface area contributed by atoms with Crippen molar-refractivity contribution < 1.29 is 4.79 Å². The van der Waals surface area contributed by atoms with E-state index in [2.05, 4.69) is 9.88 Å². The number of carbonyl (C=O) groups excluding carboxylic acids is 1. The number of carbonyl (C=O) groups is 1. The van der Waals surface area contributed by atoms with Crippen LogP contribution in [0.15, 0.2) is 48.7 Å². The Morgan fingerprint density at radius 2 is 1.71 bits per heavy atom. The summed E-state index contributed by atoms with van der Waals surface area (Å²) >= 11 is 5.98. The molecule has 1 aromatic carbocycles. The molecule has 1 aliphatic heterocycles. The minimum Gasteiger partial charge on any atom is -0.353 e. The summed E-state index contributed by atoms with van der Waals surface area (Å²) < 4.78 is 0. The highest BCUT2D eigenvalue weighted by Crippen LogP contribution is 2.49. The first-order valence-corrected chi connectivity index (χ1v) is 8.78. The molecular formula is C19H20ClN3O. The van der Waals surface area contributed by atoms with Crippen molar-refractivity contribution in [1.29, 1.82) is 0 Å². The van der Waals surface area contributed by atoms with E-state index < -0.39 is 0 Å². The lowest BCUT2D eigenvalue weighted by Crippen LogP contribution is -2.51. The molecule has 4 nitrogen and oxygen atoms in total. The Morgan fingerprint density at radius 3 is 2.29 bits per heavy atom. The van der Waals surface area contributed by atoms with Gasteiger partial charge in [0.2, 0.25) is 5.91 Å². The van der Waals surface area contributed by atoms with Crippen LogP contribution in [0.1, 0.15) is 18.4 Å². The molecule has 2 aromatic rings. The van der Waals surface area contributed by atoms with Gasteiger partial charge in [-0.05, 0) is 42.7 Å². The maximum atomic E-state index is 13.1. The lowest BCUT2D eigenvalue weighted by atomic mass is 9.94. The van der Waals surface area contributed by atoms with Gasteiger partial charge in [-0.1, -0.05) is 29.8 Å². The van der Waals surface area contributed by atoms with Crippen molar-refractivity contribution in [2.75, 3.05) is 31.1 Å². The number of anilines is 1. The van der Waals surface area contributed by atoms with Crippen LogP contribution in [0.25, 0.3) is 0 Å².